The molecule has 5 nitrogen and oxygen atoms in total. The summed E-state index contributed by atoms with van der Waals surface area (Å²) in [5, 5.41) is 10.3. The molecular weight excluding hydrogens is 304 g/mol. The Balaban J connectivity index is 0.00000242. The number of H-pyrrole nitrogens is 1. The maximum atomic E-state index is 11.7. The molecule has 2 rings (SSSR count). The molecule has 0 fully saturated rings. The Kier molecular flexibility index (Phi) is 5.05. The molecule has 6 heteroatoms. The minimum Gasteiger partial charge on any atom is -0.480 e. The van der Waals surface area contributed by atoms with Crippen LogP contribution in [0.5, 0.6) is 0 Å². The Labute approximate surface area is 134 Å². The lowest BCUT2D eigenvalue weighted by Gasteiger charge is -2.32. The molecule has 0 spiro atoms. The van der Waals surface area contributed by atoms with Gasteiger partial charge < -0.3 is 15.8 Å². The van der Waals surface area contributed by atoms with Crippen LogP contribution in [0.25, 0.3) is 10.9 Å². The van der Waals surface area contributed by atoms with Gasteiger partial charge in [0.05, 0.1) is 0 Å². The van der Waals surface area contributed by atoms with E-state index >= 15 is 0 Å². The van der Waals surface area contributed by atoms with Gasteiger partial charge in [-0.15, -0.1) is 12.4 Å². The van der Waals surface area contributed by atoms with Crippen LogP contribution in [0.15, 0.2) is 35.1 Å². The standard InChI is InChI=1S/C16H20N2O3.ClH/c1-15(2,3)9-16(17,14(20)21)11-5-6-12-10(8-11)4-7-13(19)18-12;/h4-8H,9,17H2,1-3H3,(H,18,19)(H,20,21);1H. The van der Waals surface area contributed by atoms with Crippen molar-refractivity contribution in [3.8, 4) is 0 Å². The Bertz CT molecular complexity index is 749. The Morgan fingerprint density at radius 2 is 1.86 bits per heavy atom. The molecule has 0 radical (unpaired) electrons. The molecule has 0 bridgehead atoms. The topological polar surface area (TPSA) is 96.2 Å². The second-order valence-electron chi connectivity index (χ2n) is 6.64. The van der Waals surface area contributed by atoms with E-state index in [4.69, 9.17) is 5.73 Å². The van der Waals surface area contributed by atoms with Gasteiger partial charge in [0.2, 0.25) is 5.56 Å². The number of halogens is 1. The average molecular weight is 325 g/mol. The van der Waals surface area contributed by atoms with Gasteiger partial charge in [0, 0.05) is 11.6 Å². The van der Waals surface area contributed by atoms with Crippen LogP contribution >= 0.6 is 12.4 Å². The molecule has 2 aromatic rings. The summed E-state index contributed by atoms with van der Waals surface area (Å²) in [7, 11) is 0. The number of rotatable bonds is 3. The highest BCUT2D eigenvalue weighted by molar-refractivity contribution is 5.85. The molecule has 1 unspecified atom stereocenters. The van der Waals surface area contributed by atoms with Crippen molar-refractivity contribution in [3.05, 3.63) is 46.2 Å². The van der Waals surface area contributed by atoms with Crippen LogP contribution in [0.3, 0.4) is 0 Å². The molecule has 22 heavy (non-hydrogen) atoms. The smallest absolute Gasteiger partial charge is 0.328 e. The molecule has 0 saturated heterocycles. The number of nitrogens with one attached hydrogen (secondary N) is 1. The van der Waals surface area contributed by atoms with Gasteiger partial charge in [-0.25, -0.2) is 4.79 Å². The number of carboxylic acids is 1. The number of aliphatic carboxylic acids is 1. The summed E-state index contributed by atoms with van der Waals surface area (Å²) in [6.07, 6.45) is 0.310. The predicted octanol–water partition coefficient (Wildman–Crippen LogP) is 2.62. The molecule has 120 valence electrons. The van der Waals surface area contributed by atoms with Crippen LogP contribution in [0.1, 0.15) is 32.8 Å². The molecule has 0 saturated carbocycles. The van der Waals surface area contributed by atoms with E-state index in [1.165, 1.54) is 6.07 Å². The zero-order valence-corrected chi connectivity index (χ0v) is 13.7. The van der Waals surface area contributed by atoms with Crippen LogP contribution in [0.4, 0.5) is 0 Å². The third-order valence-electron chi connectivity index (χ3n) is 3.43. The Morgan fingerprint density at radius 1 is 1.23 bits per heavy atom. The van der Waals surface area contributed by atoms with Gasteiger partial charge in [-0.2, -0.15) is 0 Å². The van der Waals surface area contributed by atoms with Crippen LogP contribution in [-0.2, 0) is 10.3 Å². The molecule has 1 atom stereocenters. The van der Waals surface area contributed by atoms with Gasteiger partial charge >= 0.3 is 5.97 Å². The number of aromatic amines is 1. The Morgan fingerprint density at radius 3 is 2.41 bits per heavy atom. The molecule has 4 N–H and O–H groups in total. The first-order valence-electron chi connectivity index (χ1n) is 6.78. The van der Waals surface area contributed by atoms with E-state index in [1.54, 1.807) is 24.3 Å². The first kappa shape index (κ1) is 18.2. The molecule has 1 heterocycles. The quantitative estimate of drug-likeness (QED) is 0.808. The number of carboxylic acid groups (broad SMARTS) is 1. The molecular formula is C16H21ClN2O3. The van der Waals surface area contributed by atoms with E-state index in [1.807, 2.05) is 20.8 Å². The van der Waals surface area contributed by atoms with E-state index in [0.717, 1.165) is 5.39 Å². The zero-order chi connectivity index (χ0) is 15.8. The fraction of sp³-hybridized carbons (Fsp3) is 0.375. The molecule has 1 aromatic carbocycles. The fourth-order valence-corrected chi connectivity index (χ4v) is 2.57. The SMILES string of the molecule is CC(C)(C)CC(N)(C(=O)O)c1ccc2[nH]c(=O)ccc2c1.Cl. The number of hydrogen-bond donors (Lipinski definition) is 3. The van der Waals surface area contributed by atoms with E-state index in [9.17, 15) is 14.7 Å². The molecule has 0 aliphatic carbocycles. The van der Waals surface area contributed by atoms with Crippen molar-refractivity contribution in [1.82, 2.24) is 4.98 Å². The minimum absolute atomic E-state index is 0. The van der Waals surface area contributed by atoms with E-state index in [0.29, 0.717) is 17.5 Å². The lowest BCUT2D eigenvalue weighted by atomic mass is 9.76. The summed E-state index contributed by atoms with van der Waals surface area (Å²) in [5.41, 5.74) is 5.51. The van der Waals surface area contributed by atoms with Crippen molar-refractivity contribution in [1.29, 1.82) is 0 Å². The monoisotopic (exact) mass is 324 g/mol. The maximum Gasteiger partial charge on any atom is 0.328 e. The number of benzene rings is 1. The summed E-state index contributed by atoms with van der Waals surface area (Å²) >= 11 is 0. The number of hydrogen-bond acceptors (Lipinski definition) is 3. The normalized spacial score (nSPS) is 14.2. The Hall–Kier alpha value is -1.85. The van der Waals surface area contributed by atoms with E-state index in [2.05, 4.69) is 4.98 Å². The van der Waals surface area contributed by atoms with Crippen LogP contribution in [0.2, 0.25) is 0 Å². The van der Waals surface area contributed by atoms with Crippen molar-refractivity contribution in [3.63, 3.8) is 0 Å². The van der Waals surface area contributed by atoms with Crippen LogP contribution < -0.4 is 11.3 Å². The first-order chi connectivity index (χ1) is 9.62. The van der Waals surface area contributed by atoms with Gasteiger partial charge in [0.1, 0.15) is 5.54 Å². The van der Waals surface area contributed by atoms with Crippen LogP contribution in [-0.4, -0.2) is 16.1 Å². The summed E-state index contributed by atoms with van der Waals surface area (Å²) < 4.78 is 0. The second-order valence-corrected chi connectivity index (χ2v) is 6.64. The molecule has 0 aliphatic heterocycles. The minimum atomic E-state index is -1.46. The summed E-state index contributed by atoms with van der Waals surface area (Å²) in [4.78, 5) is 25.7. The van der Waals surface area contributed by atoms with Crippen molar-refractivity contribution in [2.75, 3.05) is 0 Å². The summed E-state index contributed by atoms with van der Waals surface area (Å²) in [5.74, 6) is -1.05. The van der Waals surface area contributed by atoms with Gasteiger partial charge in [-0.05, 0) is 41.0 Å². The summed E-state index contributed by atoms with van der Waals surface area (Å²) in [6, 6.07) is 8.16. The highest BCUT2D eigenvalue weighted by atomic mass is 35.5. The van der Waals surface area contributed by atoms with Crippen LogP contribution in [0, 0.1) is 5.41 Å². The third-order valence-corrected chi connectivity index (χ3v) is 3.43. The largest absolute Gasteiger partial charge is 0.480 e. The molecule has 0 amide bonds. The molecule has 0 aliphatic rings. The van der Waals surface area contributed by atoms with Gasteiger partial charge in [-0.1, -0.05) is 26.8 Å². The highest BCUT2D eigenvalue weighted by Gasteiger charge is 2.39. The third kappa shape index (κ3) is 3.67. The highest BCUT2D eigenvalue weighted by Crippen LogP contribution is 2.34. The van der Waals surface area contributed by atoms with Crippen molar-refractivity contribution >= 4 is 29.3 Å². The van der Waals surface area contributed by atoms with E-state index < -0.39 is 11.5 Å². The number of carbonyl (C=O) groups is 1. The lowest BCUT2D eigenvalue weighted by molar-refractivity contribution is -0.145. The average Bonchev–Trinajstić information content (AvgIpc) is 2.35. The van der Waals surface area contributed by atoms with Gasteiger partial charge in [0.15, 0.2) is 0 Å². The molecule has 1 aromatic heterocycles. The van der Waals surface area contributed by atoms with Gasteiger partial charge in [-0.3, -0.25) is 4.79 Å². The number of aromatic nitrogens is 1. The lowest BCUT2D eigenvalue weighted by Crippen LogP contribution is -2.47. The zero-order valence-electron chi connectivity index (χ0n) is 12.8. The summed E-state index contributed by atoms with van der Waals surface area (Å²) in [6.45, 7) is 5.86. The number of nitrogens with two attached hydrogens (primary N) is 1. The second kappa shape index (κ2) is 6.10. The maximum absolute atomic E-state index is 11.7. The first-order valence-corrected chi connectivity index (χ1v) is 6.78. The van der Waals surface area contributed by atoms with Crippen molar-refractivity contribution in [2.24, 2.45) is 11.1 Å². The predicted molar refractivity (Wildman–Crippen MR) is 89.4 cm³/mol. The van der Waals surface area contributed by atoms with Crippen molar-refractivity contribution < 1.29 is 9.90 Å². The van der Waals surface area contributed by atoms with E-state index in [-0.39, 0.29) is 23.4 Å². The number of pyridine rings is 1. The van der Waals surface area contributed by atoms with Crippen molar-refractivity contribution in [2.45, 2.75) is 32.7 Å². The fourth-order valence-electron chi connectivity index (χ4n) is 2.57. The number of fused-ring (bicyclic) bond motifs is 1. The van der Waals surface area contributed by atoms with Gasteiger partial charge in [0.25, 0.3) is 0 Å².